The first-order valence-corrected chi connectivity index (χ1v) is 8.64. The number of ether oxygens (including phenoxy) is 2. The van der Waals surface area contributed by atoms with Crippen molar-refractivity contribution in [3.05, 3.63) is 65.7 Å². The number of carbonyl (C=O) groups excluding carboxylic acids is 1. The highest BCUT2D eigenvalue weighted by atomic mass is 16.7. The van der Waals surface area contributed by atoms with E-state index in [0.717, 1.165) is 5.56 Å². The molecule has 2 aromatic rings. The van der Waals surface area contributed by atoms with Gasteiger partial charge in [-0.25, -0.2) is 0 Å². The molecule has 5 atom stereocenters. The van der Waals surface area contributed by atoms with Crippen LogP contribution in [0.5, 0.6) is 5.75 Å². The van der Waals surface area contributed by atoms with Crippen LogP contribution in [0.1, 0.15) is 15.9 Å². The minimum atomic E-state index is -1.51. The average Bonchev–Trinajstić information content (AvgIpc) is 2.69. The lowest BCUT2D eigenvalue weighted by molar-refractivity contribution is -0.277. The number of Topliss-reactive ketones (excluding diaryl/α,β-unsaturated/α-hetero) is 1. The van der Waals surface area contributed by atoms with Gasteiger partial charge in [0.1, 0.15) is 30.2 Å². The molecule has 1 fully saturated rings. The second-order valence-corrected chi connectivity index (χ2v) is 6.43. The number of rotatable bonds is 6. The molecule has 0 unspecified atom stereocenters. The quantitative estimate of drug-likeness (QED) is 0.537. The summed E-state index contributed by atoms with van der Waals surface area (Å²) in [5.74, 6) is 0.274. The SMILES string of the molecule is O=C(Cc1ccccc1)c1ccc(O[C@@H]2O[C@H](CO)[C@@H](O)[C@@H](O)[C@H]2O)cc1. The van der Waals surface area contributed by atoms with Gasteiger partial charge in [-0.15, -0.1) is 0 Å². The monoisotopic (exact) mass is 374 g/mol. The molecule has 0 spiro atoms. The van der Waals surface area contributed by atoms with Crippen molar-refractivity contribution in [2.45, 2.75) is 37.1 Å². The Labute approximate surface area is 156 Å². The second kappa shape index (κ2) is 8.60. The van der Waals surface area contributed by atoms with Crippen LogP contribution in [0, 0.1) is 0 Å². The van der Waals surface area contributed by atoms with Crippen LogP contribution in [-0.4, -0.2) is 63.5 Å². The largest absolute Gasteiger partial charge is 0.462 e. The smallest absolute Gasteiger partial charge is 0.229 e. The van der Waals surface area contributed by atoms with Gasteiger partial charge in [0.25, 0.3) is 0 Å². The van der Waals surface area contributed by atoms with Gasteiger partial charge in [0.2, 0.25) is 6.29 Å². The molecule has 1 aliphatic heterocycles. The summed E-state index contributed by atoms with van der Waals surface area (Å²) in [4.78, 5) is 12.3. The maximum absolute atomic E-state index is 12.3. The molecular formula is C20H22O7. The van der Waals surface area contributed by atoms with E-state index < -0.39 is 37.3 Å². The highest BCUT2D eigenvalue weighted by Crippen LogP contribution is 2.24. The van der Waals surface area contributed by atoms with Crippen molar-refractivity contribution in [3.63, 3.8) is 0 Å². The van der Waals surface area contributed by atoms with E-state index in [1.165, 1.54) is 0 Å². The average molecular weight is 374 g/mol. The molecule has 0 aliphatic carbocycles. The molecule has 7 nitrogen and oxygen atoms in total. The van der Waals surface area contributed by atoms with Crippen LogP contribution in [0.4, 0.5) is 0 Å². The molecule has 3 rings (SSSR count). The standard InChI is InChI=1S/C20H22O7/c21-11-16-17(23)18(24)19(25)20(27-16)26-14-8-6-13(7-9-14)15(22)10-12-4-2-1-3-5-12/h1-9,16-21,23-25H,10-11H2/t16-,17-,18-,19-,20-/m1/s1. The summed E-state index contributed by atoms with van der Waals surface area (Å²) in [5.41, 5.74) is 1.43. The molecule has 0 aromatic heterocycles. The predicted molar refractivity (Wildman–Crippen MR) is 95.3 cm³/mol. The van der Waals surface area contributed by atoms with Gasteiger partial charge in [-0.05, 0) is 29.8 Å². The molecular weight excluding hydrogens is 352 g/mol. The summed E-state index contributed by atoms with van der Waals surface area (Å²) in [6.07, 6.45) is -6.45. The van der Waals surface area contributed by atoms with Crippen molar-refractivity contribution in [3.8, 4) is 5.75 Å². The molecule has 2 aromatic carbocycles. The number of hydrogen-bond donors (Lipinski definition) is 4. The Bertz CT molecular complexity index is 745. The minimum absolute atomic E-state index is 0.0411. The van der Waals surface area contributed by atoms with Crippen molar-refractivity contribution in [2.24, 2.45) is 0 Å². The van der Waals surface area contributed by atoms with E-state index in [1.54, 1.807) is 24.3 Å². The fourth-order valence-electron chi connectivity index (χ4n) is 2.90. The molecule has 1 aliphatic rings. The van der Waals surface area contributed by atoms with Crippen LogP contribution in [0.2, 0.25) is 0 Å². The molecule has 0 saturated carbocycles. The molecule has 0 bridgehead atoms. The third kappa shape index (κ3) is 4.52. The van der Waals surface area contributed by atoms with Crippen molar-refractivity contribution in [2.75, 3.05) is 6.61 Å². The van der Waals surface area contributed by atoms with Gasteiger partial charge in [0.05, 0.1) is 6.61 Å². The van der Waals surface area contributed by atoms with Crippen molar-refractivity contribution < 1.29 is 34.7 Å². The molecule has 144 valence electrons. The van der Waals surface area contributed by atoms with Crippen molar-refractivity contribution in [1.29, 1.82) is 0 Å². The summed E-state index contributed by atoms with van der Waals surface area (Å²) in [6, 6.07) is 15.7. The molecule has 1 saturated heterocycles. The molecule has 1 heterocycles. The van der Waals surface area contributed by atoms with E-state index in [4.69, 9.17) is 9.47 Å². The van der Waals surface area contributed by atoms with Crippen LogP contribution in [0.3, 0.4) is 0 Å². The molecule has 0 amide bonds. The topological polar surface area (TPSA) is 116 Å². The number of carbonyl (C=O) groups is 1. The number of aliphatic hydroxyl groups is 4. The Morgan fingerprint density at radius 2 is 1.59 bits per heavy atom. The van der Waals surface area contributed by atoms with Crippen LogP contribution >= 0.6 is 0 Å². The Hall–Kier alpha value is -2.29. The number of ketones is 1. The zero-order chi connectivity index (χ0) is 19.4. The molecule has 27 heavy (non-hydrogen) atoms. The van der Waals surface area contributed by atoms with Crippen molar-refractivity contribution in [1.82, 2.24) is 0 Å². The van der Waals surface area contributed by atoms with Crippen LogP contribution < -0.4 is 4.74 Å². The lowest BCUT2D eigenvalue weighted by Crippen LogP contribution is -2.60. The number of hydrogen-bond acceptors (Lipinski definition) is 7. The third-order valence-corrected chi connectivity index (χ3v) is 4.48. The summed E-state index contributed by atoms with van der Waals surface area (Å²) in [5, 5.41) is 38.8. The van der Waals surface area contributed by atoms with E-state index in [1.807, 2.05) is 30.3 Å². The Kier molecular flexibility index (Phi) is 6.20. The van der Waals surface area contributed by atoms with E-state index >= 15 is 0 Å². The number of benzene rings is 2. The molecule has 4 N–H and O–H groups in total. The second-order valence-electron chi connectivity index (χ2n) is 6.43. The fraction of sp³-hybridized carbons (Fsp3) is 0.350. The number of aliphatic hydroxyl groups excluding tert-OH is 4. The van der Waals surface area contributed by atoms with E-state index in [0.29, 0.717) is 11.3 Å². The zero-order valence-corrected chi connectivity index (χ0v) is 14.5. The van der Waals surface area contributed by atoms with Gasteiger partial charge < -0.3 is 29.9 Å². The first-order chi connectivity index (χ1) is 13.0. The Balaban J connectivity index is 1.64. The first kappa shape index (κ1) is 19.5. The lowest BCUT2D eigenvalue weighted by atomic mass is 9.99. The van der Waals surface area contributed by atoms with Gasteiger partial charge in [0, 0.05) is 12.0 Å². The van der Waals surface area contributed by atoms with E-state index in [-0.39, 0.29) is 12.2 Å². The van der Waals surface area contributed by atoms with E-state index in [9.17, 15) is 25.2 Å². The molecule has 7 heteroatoms. The Morgan fingerprint density at radius 1 is 0.926 bits per heavy atom. The van der Waals surface area contributed by atoms with Gasteiger partial charge >= 0.3 is 0 Å². The summed E-state index contributed by atoms with van der Waals surface area (Å²) >= 11 is 0. The van der Waals surface area contributed by atoms with Crippen LogP contribution in [0.15, 0.2) is 54.6 Å². The van der Waals surface area contributed by atoms with Crippen molar-refractivity contribution >= 4 is 5.78 Å². The van der Waals surface area contributed by atoms with Gasteiger partial charge in [-0.3, -0.25) is 4.79 Å². The molecule has 0 radical (unpaired) electrons. The third-order valence-electron chi connectivity index (χ3n) is 4.48. The van der Waals surface area contributed by atoms with Gasteiger partial charge in [0.15, 0.2) is 5.78 Å². The maximum Gasteiger partial charge on any atom is 0.229 e. The minimum Gasteiger partial charge on any atom is -0.462 e. The lowest BCUT2D eigenvalue weighted by Gasteiger charge is -2.39. The van der Waals surface area contributed by atoms with Gasteiger partial charge in [-0.2, -0.15) is 0 Å². The normalized spacial score (nSPS) is 27.9. The van der Waals surface area contributed by atoms with Gasteiger partial charge in [-0.1, -0.05) is 30.3 Å². The first-order valence-electron chi connectivity index (χ1n) is 8.64. The van der Waals surface area contributed by atoms with Crippen LogP contribution in [0.25, 0.3) is 0 Å². The van der Waals surface area contributed by atoms with E-state index in [2.05, 4.69) is 0 Å². The highest BCUT2D eigenvalue weighted by Gasteiger charge is 2.44. The summed E-state index contributed by atoms with van der Waals surface area (Å²) in [6.45, 7) is -0.530. The maximum atomic E-state index is 12.3. The highest BCUT2D eigenvalue weighted by molar-refractivity contribution is 5.97. The summed E-state index contributed by atoms with van der Waals surface area (Å²) in [7, 11) is 0. The zero-order valence-electron chi connectivity index (χ0n) is 14.5. The Morgan fingerprint density at radius 3 is 2.22 bits per heavy atom. The fourth-order valence-corrected chi connectivity index (χ4v) is 2.90. The summed E-state index contributed by atoms with van der Waals surface area (Å²) < 4.78 is 10.8. The predicted octanol–water partition coefficient (Wildman–Crippen LogP) is 0.291. The van der Waals surface area contributed by atoms with Crippen LogP contribution in [-0.2, 0) is 11.2 Å².